The Morgan fingerprint density at radius 3 is 2.07 bits per heavy atom. The Morgan fingerprint density at radius 1 is 1.07 bits per heavy atom. The summed E-state index contributed by atoms with van der Waals surface area (Å²) in [6.45, 7) is 10.8. The van der Waals surface area contributed by atoms with Crippen molar-refractivity contribution in [3.8, 4) is 0 Å². The van der Waals surface area contributed by atoms with Crippen molar-refractivity contribution in [2.24, 2.45) is 0 Å². The second-order valence-electron chi connectivity index (χ2n) is 2.42. The fourth-order valence-corrected chi connectivity index (χ4v) is 0.969. The fourth-order valence-electron chi connectivity index (χ4n) is 0.969. The highest BCUT2D eigenvalue weighted by atomic mass is 16.5. The minimum Gasteiger partial charge on any atom is -0.380 e. The van der Waals surface area contributed by atoms with Gasteiger partial charge in [0.25, 0.3) is 0 Å². The van der Waals surface area contributed by atoms with E-state index in [9.17, 15) is 0 Å². The summed E-state index contributed by atoms with van der Waals surface area (Å²) < 4.78 is 4.98. The van der Waals surface area contributed by atoms with Gasteiger partial charge in [-0.15, -0.1) is 0 Å². The lowest BCUT2D eigenvalue weighted by Crippen LogP contribution is -1.86. The summed E-state index contributed by atoms with van der Waals surface area (Å²) in [7, 11) is 1.71. The van der Waals surface area contributed by atoms with Crippen LogP contribution < -0.4 is 0 Å². The zero-order chi connectivity index (χ0) is 11.4. The Hall–Kier alpha value is -0.820. The van der Waals surface area contributed by atoms with Crippen LogP contribution in [0.2, 0.25) is 0 Å². The van der Waals surface area contributed by atoms with E-state index in [1.807, 2.05) is 33.8 Å². The van der Waals surface area contributed by atoms with Gasteiger partial charge in [-0.3, -0.25) is 0 Å². The van der Waals surface area contributed by atoms with Crippen molar-refractivity contribution in [2.75, 3.05) is 7.11 Å². The second kappa shape index (κ2) is 12.2. The molecule has 0 unspecified atom stereocenters. The molecule has 14 heavy (non-hydrogen) atoms. The molecule has 0 radical (unpaired) electrons. The largest absolute Gasteiger partial charge is 0.380 e. The molecule has 0 aliphatic rings. The SMILES string of the molecule is CC.CC.COCc1cccc(C)c1. The van der Waals surface area contributed by atoms with E-state index in [0.29, 0.717) is 6.61 Å². The van der Waals surface area contributed by atoms with Crippen LogP contribution in [0.1, 0.15) is 38.8 Å². The maximum atomic E-state index is 4.98. The molecule has 0 aliphatic carbocycles. The number of hydrogen-bond donors (Lipinski definition) is 0. The summed E-state index contributed by atoms with van der Waals surface area (Å²) in [6.07, 6.45) is 0. The first-order chi connectivity index (χ1) is 6.83. The molecule has 0 N–H and O–H groups in total. The smallest absolute Gasteiger partial charge is 0.0713 e. The molecule has 0 fully saturated rings. The van der Waals surface area contributed by atoms with Crippen molar-refractivity contribution in [3.05, 3.63) is 35.4 Å². The van der Waals surface area contributed by atoms with Crippen LogP contribution in [0.5, 0.6) is 0 Å². The van der Waals surface area contributed by atoms with Crippen LogP contribution in [0.15, 0.2) is 24.3 Å². The first kappa shape index (κ1) is 15.6. The highest BCUT2D eigenvalue weighted by molar-refractivity contribution is 5.21. The summed E-state index contributed by atoms with van der Waals surface area (Å²) in [4.78, 5) is 0. The van der Waals surface area contributed by atoms with Crippen molar-refractivity contribution in [1.82, 2.24) is 0 Å². The second-order valence-corrected chi connectivity index (χ2v) is 2.42. The number of ether oxygens (including phenoxy) is 1. The summed E-state index contributed by atoms with van der Waals surface area (Å²) >= 11 is 0. The third-order valence-electron chi connectivity index (χ3n) is 1.39. The molecule has 0 saturated heterocycles. The normalized spacial score (nSPS) is 7.86. The minimum atomic E-state index is 0.710. The lowest BCUT2D eigenvalue weighted by molar-refractivity contribution is 0.185. The third kappa shape index (κ3) is 7.81. The Labute approximate surface area is 89.1 Å². The van der Waals surface area contributed by atoms with Crippen LogP contribution in [0.3, 0.4) is 0 Å². The summed E-state index contributed by atoms with van der Waals surface area (Å²) in [6, 6.07) is 8.32. The predicted octanol–water partition coefficient (Wildman–Crippen LogP) is 4.19. The van der Waals surface area contributed by atoms with Crippen LogP contribution in [0.25, 0.3) is 0 Å². The lowest BCUT2D eigenvalue weighted by Gasteiger charge is -1.98. The minimum absolute atomic E-state index is 0.710. The predicted molar refractivity (Wildman–Crippen MR) is 64.6 cm³/mol. The van der Waals surface area contributed by atoms with E-state index in [2.05, 4.69) is 25.1 Å². The lowest BCUT2D eigenvalue weighted by atomic mass is 10.1. The average Bonchev–Trinajstić information content (AvgIpc) is 2.24. The Morgan fingerprint density at radius 2 is 1.64 bits per heavy atom. The molecule has 1 aromatic carbocycles. The van der Waals surface area contributed by atoms with Crippen LogP contribution in [0, 0.1) is 6.92 Å². The molecule has 1 aromatic rings. The highest BCUT2D eigenvalue weighted by Gasteiger charge is 1.89. The van der Waals surface area contributed by atoms with Crippen molar-refractivity contribution in [3.63, 3.8) is 0 Å². The maximum Gasteiger partial charge on any atom is 0.0713 e. The van der Waals surface area contributed by atoms with E-state index in [4.69, 9.17) is 4.74 Å². The summed E-state index contributed by atoms with van der Waals surface area (Å²) in [5.74, 6) is 0. The molecule has 0 saturated carbocycles. The molecule has 1 heteroatoms. The third-order valence-corrected chi connectivity index (χ3v) is 1.39. The van der Waals surface area contributed by atoms with E-state index >= 15 is 0 Å². The van der Waals surface area contributed by atoms with Gasteiger partial charge in [0.2, 0.25) is 0 Å². The van der Waals surface area contributed by atoms with Crippen LogP contribution in [-0.4, -0.2) is 7.11 Å². The molecule has 0 spiro atoms. The quantitative estimate of drug-likeness (QED) is 0.689. The van der Waals surface area contributed by atoms with Crippen LogP contribution in [-0.2, 0) is 11.3 Å². The molecule has 0 atom stereocenters. The molecule has 0 bridgehead atoms. The molecule has 1 rings (SSSR count). The number of benzene rings is 1. The van der Waals surface area contributed by atoms with E-state index < -0.39 is 0 Å². The molecule has 0 aromatic heterocycles. The van der Waals surface area contributed by atoms with Crippen molar-refractivity contribution >= 4 is 0 Å². The Bertz CT molecular complexity index is 206. The molecule has 82 valence electrons. The molecule has 1 nitrogen and oxygen atoms in total. The van der Waals surface area contributed by atoms with Crippen LogP contribution >= 0.6 is 0 Å². The Balaban J connectivity index is 0. The van der Waals surface area contributed by atoms with Gasteiger partial charge in [-0.1, -0.05) is 57.5 Å². The van der Waals surface area contributed by atoms with Gasteiger partial charge in [-0.2, -0.15) is 0 Å². The van der Waals surface area contributed by atoms with Gasteiger partial charge >= 0.3 is 0 Å². The summed E-state index contributed by atoms with van der Waals surface area (Å²) in [5, 5.41) is 0. The standard InChI is InChI=1S/C9H12O.2C2H6/c1-8-4-3-5-9(6-8)7-10-2;2*1-2/h3-6H,7H2,1-2H3;2*1-2H3. The first-order valence-electron chi connectivity index (χ1n) is 5.37. The van der Waals surface area contributed by atoms with Gasteiger partial charge in [0, 0.05) is 7.11 Å². The maximum absolute atomic E-state index is 4.98. The molecule has 0 aliphatic heterocycles. The summed E-state index contributed by atoms with van der Waals surface area (Å²) in [5.41, 5.74) is 2.53. The van der Waals surface area contributed by atoms with E-state index in [1.54, 1.807) is 7.11 Å². The van der Waals surface area contributed by atoms with Gasteiger partial charge in [-0.05, 0) is 12.5 Å². The van der Waals surface area contributed by atoms with Gasteiger partial charge in [0.15, 0.2) is 0 Å². The highest BCUT2D eigenvalue weighted by Crippen LogP contribution is 2.03. The number of methoxy groups -OCH3 is 1. The topological polar surface area (TPSA) is 9.23 Å². The van der Waals surface area contributed by atoms with Crippen molar-refractivity contribution < 1.29 is 4.74 Å². The van der Waals surface area contributed by atoms with E-state index in [-0.39, 0.29) is 0 Å². The van der Waals surface area contributed by atoms with Crippen molar-refractivity contribution in [1.29, 1.82) is 0 Å². The average molecular weight is 196 g/mol. The number of rotatable bonds is 2. The zero-order valence-electron chi connectivity index (χ0n) is 10.4. The first-order valence-corrected chi connectivity index (χ1v) is 5.37. The number of hydrogen-bond acceptors (Lipinski definition) is 1. The van der Waals surface area contributed by atoms with E-state index in [0.717, 1.165) is 0 Å². The zero-order valence-corrected chi connectivity index (χ0v) is 10.4. The molecule has 0 heterocycles. The van der Waals surface area contributed by atoms with Gasteiger partial charge < -0.3 is 4.74 Å². The van der Waals surface area contributed by atoms with Gasteiger partial charge in [-0.25, -0.2) is 0 Å². The van der Waals surface area contributed by atoms with Gasteiger partial charge in [0.05, 0.1) is 6.61 Å². The molecule has 0 amide bonds. The number of aryl methyl sites for hydroxylation is 1. The fraction of sp³-hybridized carbons (Fsp3) is 0.538. The van der Waals surface area contributed by atoms with Crippen LogP contribution in [0.4, 0.5) is 0 Å². The Kier molecular flexibility index (Phi) is 13.6. The van der Waals surface area contributed by atoms with E-state index in [1.165, 1.54) is 11.1 Å². The molecular weight excluding hydrogens is 172 g/mol. The van der Waals surface area contributed by atoms with Gasteiger partial charge in [0.1, 0.15) is 0 Å². The van der Waals surface area contributed by atoms with Crippen molar-refractivity contribution in [2.45, 2.75) is 41.2 Å². The monoisotopic (exact) mass is 196 g/mol. The molecular formula is C13H24O.